The fraction of sp³-hybridized carbons (Fsp3) is 0.100. The van der Waals surface area contributed by atoms with Gasteiger partial charge in [-0.05, 0) is 24.3 Å². The van der Waals surface area contributed by atoms with Crippen molar-refractivity contribution in [2.45, 2.75) is 6.18 Å². The molecule has 16 heavy (non-hydrogen) atoms. The standard InChI is InChI=1S/C10H8F3N3/c11-10(12,13)6-1-2-8-7(5-6)9(16-14)3-4-15-8/h1-5H,14H2,(H,15,16). The maximum atomic E-state index is 12.5. The molecule has 6 heteroatoms. The first-order valence-electron chi connectivity index (χ1n) is 4.45. The summed E-state index contributed by atoms with van der Waals surface area (Å²) in [5.41, 5.74) is 2.50. The highest BCUT2D eigenvalue weighted by molar-refractivity contribution is 5.91. The van der Waals surface area contributed by atoms with Crippen LogP contribution in [0.15, 0.2) is 30.5 Å². The number of hydrazine groups is 1. The average molecular weight is 227 g/mol. The van der Waals surface area contributed by atoms with E-state index >= 15 is 0 Å². The quantitative estimate of drug-likeness (QED) is 0.581. The molecule has 2 rings (SSSR count). The number of alkyl halides is 3. The first-order chi connectivity index (χ1) is 7.52. The summed E-state index contributed by atoms with van der Waals surface area (Å²) >= 11 is 0. The van der Waals surface area contributed by atoms with Crippen molar-refractivity contribution in [1.29, 1.82) is 0 Å². The Labute approximate surface area is 89.1 Å². The van der Waals surface area contributed by atoms with Crippen molar-refractivity contribution in [3.8, 4) is 0 Å². The molecule has 1 aromatic carbocycles. The van der Waals surface area contributed by atoms with Crippen molar-refractivity contribution >= 4 is 16.6 Å². The van der Waals surface area contributed by atoms with Crippen LogP contribution in [-0.2, 0) is 6.18 Å². The predicted molar refractivity (Wildman–Crippen MR) is 54.6 cm³/mol. The van der Waals surface area contributed by atoms with E-state index < -0.39 is 11.7 Å². The number of fused-ring (bicyclic) bond motifs is 1. The van der Waals surface area contributed by atoms with E-state index in [-0.39, 0.29) is 0 Å². The summed E-state index contributed by atoms with van der Waals surface area (Å²) in [6.07, 6.45) is -2.89. The van der Waals surface area contributed by atoms with Crippen LogP contribution in [0.4, 0.5) is 18.9 Å². The molecule has 0 aliphatic rings. The first-order valence-corrected chi connectivity index (χ1v) is 4.45. The number of rotatable bonds is 1. The van der Waals surface area contributed by atoms with Gasteiger partial charge >= 0.3 is 6.18 Å². The Balaban J connectivity index is 2.68. The first kappa shape index (κ1) is 10.7. The molecule has 0 fully saturated rings. The number of nitrogen functional groups attached to an aromatic ring is 1. The number of hydrogen-bond acceptors (Lipinski definition) is 3. The molecule has 84 valence electrons. The lowest BCUT2D eigenvalue weighted by Gasteiger charge is -2.09. The maximum Gasteiger partial charge on any atom is 0.416 e. The van der Waals surface area contributed by atoms with Crippen molar-refractivity contribution < 1.29 is 13.2 Å². The minimum absolute atomic E-state index is 0.347. The Morgan fingerprint density at radius 2 is 1.94 bits per heavy atom. The van der Waals surface area contributed by atoms with E-state index in [0.717, 1.165) is 12.1 Å². The zero-order valence-electron chi connectivity index (χ0n) is 8.05. The van der Waals surface area contributed by atoms with Crippen LogP contribution >= 0.6 is 0 Å². The van der Waals surface area contributed by atoms with Gasteiger partial charge in [0.05, 0.1) is 16.8 Å². The molecule has 0 aliphatic carbocycles. The van der Waals surface area contributed by atoms with Crippen molar-refractivity contribution in [3.63, 3.8) is 0 Å². The lowest BCUT2D eigenvalue weighted by atomic mass is 10.1. The van der Waals surface area contributed by atoms with Gasteiger partial charge in [0.2, 0.25) is 0 Å². The zero-order valence-corrected chi connectivity index (χ0v) is 8.05. The van der Waals surface area contributed by atoms with E-state index in [2.05, 4.69) is 10.4 Å². The van der Waals surface area contributed by atoms with Gasteiger partial charge in [0.25, 0.3) is 0 Å². The zero-order chi connectivity index (χ0) is 11.8. The molecule has 1 heterocycles. The number of anilines is 1. The Morgan fingerprint density at radius 3 is 2.56 bits per heavy atom. The monoisotopic (exact) mass is 227 g/mol. The van der Waals surface area contributed by atoms with Crippen LogP contribution in [0.2, 0.25) is 0 Å². The average Bonchev–Trinajstić information content (AvgIpc) is 2.26. The SMILES string of the molecule is NNc1ccnc2ccc(C(F)(F)F)cc12. The summed E-state index contributed by atoms with van der Waals surface area (Å²) in [5.74, 6) is 5.22. The summed E-state index contributed by atoms with van der Waals surface area (Å²) in [6.45, 7) is 0. The van der Waals surface area contributed by atoms with E-state index in [4.69, 9.17) is 5.84 Å². The van der Waals surface area contributed by atoms with Gasteiger partial charge in [-0.15, -0.1) is 0 Å². The van der Waals surface area contributed by atoms with Crippen LogP contribution < -0.4 is 11.3 Å². The third-order valence-electron chi connectivity index (χ3n) is 2.22. The van der Waals surface area contributed by atoms with Crippen LogP contribution in [0.1, 0.15) is 5.56 Å². The molecule has 0 saturated carbocycles. The fourth-order valence-electron chi connectivity index (χ4n) is 1.45. The minimum atomic E-state index is -4.37. The van der Waals surface area contributed by atoms with Crippen molar-refractivity contribution in [3.05, 3.63) is 36.0 Å². The van der Waals surface area contributed by atoms with Gasteiger partial charge in [-0.2, -0.15) is 13.2 Å². The Bertz CT molecular complexity index is 522. The van der Waals surface area contributed by atoms with Gasteiger partial charge in [-0.25, -0.2) is 0 Å². The molecular formula is C10H8F3N3. The lowest BCUT2D eigenvalue weighted by molar-refractivity contribution is -0.137. The fourth-order valence-corrected chi connectivity index (χ4v) is 1.45. The van der Waals surface area contributed by atoms with Crippen LogP contribution in [-0.4, -0.2) is 4.98 Å². The Hall–Kier alpha value is -1.82. The second-order valence-electron chi connectivity index (χ2n) is 3.23. The third kappa shape index (κ3) is 1.79. The third-order valence-corrected chi connectivity index (χ3v) is 2.22. The molecule has 0 spiro atoms. The van der Waals surface area contributed by atoms with E-state index in [1.807, 2.05) is 0 Å². The number of nitrogens with zero attached hydrogens (tertiary/aromatic N) is 1. The molecule has 3 nitrogen and oxygen atoms in total. The summed E-state index contributed by atoms with van der Waals surface area (Å²) in [7, 11) is 0. The van der Waals surface area contributed by atoms with E-state index in [1.165, 1.54) is 18.3 Å². The van der Waals surface area contributed by atoms with Gasteiger partial charge < -0.3 is 5.43 Å². The van der Waals surface area contributed by atoms with E-state index in [1.54, 1.807) is 0 Å². The molecule has 0 atom stereocenters. The number of nitrogens with two attached hydrogens (primary N) is 1. The van der Waals surface area contributed by atoms with Gasteiger partial charge in [-0.3, -0.25) is 10.8 Å². The molecule has 0 unspecified atom stereocenters. The predicted octanol–water partition coefficient (Wildman–Crippen LogP) is 2.54. The summed E-state index contributed by atoms with van der Waals surface area (Å²) in [4.78, 5) is 3.95. The molecule has 0 radical (unpaired) electrons. The number of nitrogens with one attached hydrogen (secondary N) is 1. The molecule has 0 saturated heterocycles. The highest BCUT2D eigenvalue weighted by Gasteiger charge is 2.30. The molecule has 2 aromatic rings. The topological polar surface area (TPSA) is 50.9 Å². The van der Waals surface area contributed by atoms with Gasteiger partial charge in [-0.1, -0.05) is 0 Å². The summed E-state index contributed by atoms with van der Waals surface area (Å²) in [6, 6.07) is 4.86. The number of halogens is 3. The number of benzene rings is 1. The van der Waals surface area contributed by atoms with Crippen LogP contribution in [0.3, 0.4) is 0 Å². The van der Waals surface area contributed by atoms with Crippen molar-refractivity contribution in [2.75, 3.05) is 5.43 Å². The maximum absolute atomic E-state index is 12.5. The minimum Gasteiger partial charge on any atom is -0.323 e. The van der Waals surface area contributed by atoms with E-state index in [9.17, 15) is 13.2 Å². The highest BCUT2D eigenvalue weighted by Crippen LogP contribution is 2.32. The van der Waals surface area contributed by atoms with Crippen LogP contribution in [0.25, 0.3) is 10.9 Å². The molecule has 0 aliphatic heterocycles. The number of hydrogen-bond donors (Lipinski definition) is 2. The number of pyridine rings is 1. The van der Waals surface area contributed by atoms with Gasteiger partial charge in [0.15, 0.2) is 0 Å². The number of aromatic nitrogens is 1. The molecule has 1 aromatic heterocycles. The summed E-state index contributed by atoms with van der Waals surface area (Å²) in [5, 5.41) is 0.347. The normalized spacial score (nSPS) is 11.8. The second-order valence-corrected chi connectivity index (χ2v) is 3.23. The highest BCUT2D eigenvalue weighted by atomic mass is 19.4. The van der Waals surface area contributed by atoms with Crippen LogP contribution in [0, 0.1) is 0 Å². The summed E-state index contributed by atoms with van der Waals surface area (Å²) < 4.78 is 37.4. The molecule has 0 amide bonds. The van der Waals surface area contributed by atoms with Gasteiger partial charge in [0.1, 0.15) is 0 Å². The van der Waals surface area contributed by atoms with E-state index in [0.29, 0.717) is 16.6 Å². The molecule has 0 bridgehead atoms. The second kappa shape index (κ2) is 3.64. The van der Waals surface area contributed by atoms with Crippen LogP contribution in [0.5, 0.6) is 0 Å². The largest absolute Gasteiger partial charge is 0.416 e. The Kier molecular flexibility index (Phi) is 2.43. The van der Waals surface area contributed by atoms with Gasteiger partial charge in [0, 0.05) is 11.6 Å². The lowest BCUT2D eigenvalue weighted by Crippen LogP contribution is -2.08. The van der Waals surface area contributed by atoms with Crippen molar-refractivity contribution in [2.24, 2.45) is 5.84 Å². The molecular weight excluding hydrogens is 219 g/mol. The molecule has 3 N–H and O–H groups in total. The van der Waals surface area contributed by atoms with Crippen molar-refractivity contribution in [1.82, 2.24) is 4.98 Å². The smallest absolute Gasteiger partial charge is 0.323 e. The Morgan fingerprint density at radius 1 is 1.19 bits per heavy atom.